The highest BCUT2D eigenvalue weighted by Crippen LogP contribution is 2.21. The molecule has 0 aliphatic heterocycles. The number of aromatic nitrogens is 3. The average Bonchev–Trinajstić information content (AvgIpc) is 2.67. The van der Waals surface area contributed by atoms with Gasteiger partial charge in [0.05, 0.1) is 28.4 Å². The van der Waals surface area contributed by atoms with Gasteiger partial charge in [0.1, 0.15) is 0 Å². The molecule has 0 unspecified atom stereocenters. The molecule has 0 bridgehead atoms. The van der Waals surface area contributed by atoms with Crippen LogP contribution in [0.1, 0.15) is 11.3 Å². The molecule has 0 aromatic carbocycles. The summed E-state index contributed by atoms with van der Waals surface area (Å²) in [6.45, 7) is 0. The first-order valence-corrected chi connectivity index (χ1v) is 8.33. The van der Waals surface area contributed by atoms with E-state index in [1.807, 2.05) is 0 Å². The van der Waals surface area contributed by atoms with Crippen molar-refractivity contribution in [1.82, 2.24) is 14.8 Å². The van der Waals surface area contributed by atoms with E-state index in [0.29, 0.717) is 20.8 Å². The monoisotopic (exact) mass is 363 g/mol. The van der Waals surface area contributed by atoms with E-state index in [-0.39, 0.29) is 11.5 Å². The summed E-state index contributed by atoms with van der Waals surface area (Å²) in [6.07, 6.45) is 4.74. The smallest absolute Gasteiger partial charge is 0.160 e. The van der Waals surface area contributed by atoms with Crippen molar-refractivity contribution < 1.29 is 8.42 Å². The maximum atomic E-state index is 12.1. The fourth-order valence-electron chi connectivity index (χ4n) is 1.61. The molecule has 19 heavy (non-hydrogen) atoms. The zero-order valence-corrected chi connectivity index (χ0v) is 13.2. The molecule has 0 radical (unpaired) electrons. The molecule has 0 N–H and O–H groups in total. The van der Waals surface area contributed by atoms with Crippen LogP contribution in [0.25, 0.3) is 0 Å². The molecule has 0 saturated heterocycles. The molecule has 0 fully saturated rings. The second kappa shape index (κ2) is 5.60. The van der Waals surface area contributed by atoms with E-state index in [2.05, 4.69) is 26.0 Å². The average molecular weight is 365 g/mol. The number of nitrogens with zero attached hydrogens (tertiary/aromatic N) is 3. The Bertz CT molecular complexity index is 700. The second-order valence-corrected chi connectivity index (χ2v) is 7.52. The Labute approximate surface area is 124 Å². The second-order valence-electron chi connectivity index (χ2n) is 4.14. The largest absolute Gasteiger partial charge is 0.276 e. The van der Waals surface area contributed by atoms with Gasteiger partial charge in [-0.3, -0.25) is 9.67 Å². The van der Waals surface area contributed by atoms with Crippen LogP contribution in [-0.4, -0.2) is 23.2 Å². The molecule has 2 rings (SSSR count). The highest BCUT2D eigenvalue weighted by atomic mass is 79.9. The summed E-state index contributed by atoms with van der Waals surface area (Å²) in [5, 5.41) is 4.28. The summed E-state index contributed by atoms with van der Waals surface area (Å²) in [5.74, 6) is -0.261. The fraction of sp³-hybridized carbons (Fsp3) is 0.273. The van der Waals surface area contributed by atoms with Gasteiger partial charge in [-0.1, -0.05) is 11.6 Å². The van der Waals surface area contributed by atoms with Crippen LogP contribution in [-0.2, 0) is 28.4 Å². The standard InChI is InChI=1S/C11H11BrClN3O2S/c1-16-5-8(3-15-16)6-19(17,18)7-11-10(13)2-9(12)4-14-11/h2-5H,6-7H2,1H3. The minimum atomic E-state index is -3.33. The van der Waals surface area contributed by atoms with Crippen LogP contribution in [0.4, 0.5) is 0 Å². The molecule has 0 amide bonds. The van der Waals surface area contributed by atoms with Crippen molar-refractivity contribution in [1.29, 1.82) is 0 Å². The zero-order chi connectivity index (χ0) is 14.0. The van der Waals surface area contributed by atoms with Crippen LogP contribution in [0.15, 0.2) is 29.1 Å². The van der Waals surface area contributed by atoms with Gasteiger partial charge in [0.2, 0.25) is 0 Å². The molecular weight excluding hydrogens is 354 g/mol. The molecular formula is C11H11BrClN3O2S. The highest BCUT2D eigenvalue weighted by Gasteiger charge is 2.17. The Hall–Kier alpha value is -0.920. The first-order valence-electron chi connectivity index (χ1n) is 5.33. The van der Waals surface area contributed by atoms with Crippen LogP contribution < -0.4 is 0 Å². The Morgan fingerprint density at radius 1 is 1.37 bits per heavy atom. The first-order chi connectivity index (χ1) is 8.85. The SMILES string of the molecule is Cn1cc(CS(=O)(=O)Cc2ncc(Br)cc2Cl)cn1. The summed E-state index contributed by atoms with van der Waals surface area (Å²) in [4.78, 5) is 4.03. The molecule has 102 valence electrons. The van der Waals surface area contributed by atoms with Gasteiger partial charge < -0.3 is 0 Å². The third-order valence-electron chi connectivity index (χ3n) is 2.39. The van der Waals surface area contributed by atoms with E-state index in [0.717, 1.165) is 0 Å². The van der Waals surface area contributed by atoms with Gasteiger partial charge in [0.15, 0.2) is 9.84 Å². The number of pyridine rings is 1. The van der Waals surface area contributed by atoms with E-state index >= 15 is 0 Å². The lowest BCUT2D eigenvalue weighted by Gasteiger charge is -2.05. The molecule has 5 nitrogen and oxygen atoms in total. The molecule has 0 spiro atoms. The van der Waals surface area contributed by atoms with Gasteiger partial charge in [0, 0.05) is 29.5 Å². The van der Waals surface area contributed by atoms with E-state index in [9.17, 15) is 8.42 Å². The van der Waals surface area contributed by atoms with Crippen LogP contribution in [0.5, 0.6) is 0 Å². The first kappa shape index (κ1) is 14.5. The van der Waals surface area contributed by atoms with Crippen molar-refractivity contribution in [2.45, 2.75) is 11.5 Å². The normalized spacial score (nSPS) is 11.7. The minimum Gasteiger partial charge on any atom is -0.276 e. The molecule has 2 aromatic heterocycles. The summed E-state index contributed by atoms with van der Waals surface area (Å²) in [7, 11) is -1.59. The van der Waals surface area contributed by atoms with Gasteiger partial charge in [0.25, 0.3) is 0 Å². The van der Waals surface area contributed by atoms with E-state index < -0.39 is 9.84 Å². The maximum Gasteiger partial charge on any atom is 0.160 e. The quantitative estimate of drug-likeness (QED) is 0.835. The summed E-state index contributed by atoms with van der Waals surface area (Å²) in [5.41, 5.74) is 1.00. The zero-order valence-electron chi connectivity index (χ0n) is 10.0. The van der Waals surface area contributed by atoms with E-state index in [1.165, 1.54) is 12.4 Å². The van der Waals surface area contributed by atoms with Gasteiger partial charge in [-0.2, -0.15) is 5.10 Å². The summed E-state index contributed by atoms with van der Waals surface area (Å²) >= 11 is 9.19. The summed E-state index contributed by atoms with van der Waals surface area (Å²) in [6, 6.07) is 1.63. The lowest BCUT2D eigenvalue weighted by molar-refractivity contribution is 0.594. The van der Waals surface area contributed by atoms with Crippen molar-refractivity contribution in [2.75, 3.05) is 0 Å². The lowest BCUT2D eigenvalue weighted by Crippen LogP contribution is -2.09. The molecule has 8 heteroatoms. The van der Waals surface area contributed by atoms with E-state index in [1.54, 1.807) is 24.0 Å². The molecule has 0 atom stereocenters. The Morgan fingerprint density at radius 2 is 2.11 bits per heavy atom. The van der Waals surface area contributed by atoms with Crippen molar-refractivity contribution in [3.8, 4) is 0 Å². The van der Waals surface area contributed by atoms with Crippen molar-refractivity contribution in [3.05, 3.63) is 45.4 Å². The fourth-order valence-corrected chi connectivity index (χ4v) is 3.79. The number of sulfone groups is 1. The predicted octanol–water partition coefficient (Wildman–Crippen LogP) is 2.35. The van der Waals surface area contributed by atoms with Crippen molar-refractivity contribution in [2.24, 2.45) is 7.05 Å². The lowest BCUT2D eigenvalue weighted by atomic mass is 10.4. The van der Waals surface area contributed by atoms with Crippen LogP contribution >= 0.6 is 27.5 Å². The van der Waals surface area contributed by atoms with Crippen molar-refractivity contribution >= 4 is 37.4 Å². The Balaban J connectivity index is 2.17. The molecule has 0 aliphatic rings. The van der Waals surface area contributed by atoms with Crippen LogP contribution in [0.2, 0.25) is 5.02 Å². The Kier molecular flexibility index (Phi) is 4.27. The number of hydrogen-bond donors (Lipinski definition) is 0. The number of aryl methyl sites for hydroxylation is 1. The number of halogens is 2. The molecule has 2 aromatic rings. The van der Waals surface area contributed by atoms with Gasteiger partial charge in [-0.05, 0) is 22.0 Å². The van der Waals surface area contributed by atoms with Gasteiger partial charge in [-0.25, -0.2) is 8.42 Å². The van der Waals surface area contributed by atoms with E-state index in [4.69, 9.17) is 11.6 Å². The number of rotatable bonds is 4. The Morgan fingerprint density at radius 3 is 2.68 bits per heavy atom. The highest BCUT2D eigenvalue weighted by molar-refractivity contribution is 9.10. The molecule has 2 heterocycles. The third-order valence-corrected chi connectivity index (χ3v) is 4.63. The van der Waals surface area contributed by atoms with Gasteiger partial charge >= 0.3 is 0 Å². The number of hydrogen-bond acceptors (Lipinski definition) is 4. The topological polar surface area (TPSA) is 64.8 Å². The minimum absolute atomic E-state index is 0.0745. The molecule has 0 saturated carbocycles. The van der Waals surface area contributed by atoms with Crippen LogP contribution in [0.3, 0.4) is 0 Å². The van der Waals surface area contributed by atoms with Gasteiger partial charge in [-0.15, -0.1) is 0 Å². The summed E-state index contributed by atoms with van der Waals surface area (Å²) < 4.78 is 26.4. The van der Waals surface area contributed by atoms with Crippen molar-refractivity contribution in [3.63, 3.8) is 0 Å². The third kappa shape index (κ3) is 4.02. The predicted molar refractivity (Wildman–Crippen MR) is 76.5 cm³/mol. The molecule has 0 aliphatic carbocycles. The van der Waals surface area contributed by atoms with Crippen LogP contribution in [0, 0.1) is 0 Å². The maximum absolute atomic E-state index is 12.1.